The number of allylic oxidation sites excluding steroid dienone is 2. The van der Waals surface area contributed by atoms with Gasteiger partial charge in [-0.25, -0.2) is 9.59 Å². The summed E-state index contributed by atoms with van der Waals surface area (Å²) in [4.78, 5) is 34.6. The molecule has 0 radical (unpaired) electrons. The Hall–Kier alpha value is -3.14. The Labute approximate surface area is 391 Å². The third-order valence-electron chi connectivity index (χ3n) is 12.4. The largest absolute Gasteiger partial charge is 0.514 e. The highest BCUT2D eigenvalue weighted by molar-refractivity contribution is 6.40. The topological polar surface area (TPSA) is 252 Å². The van der Waals surface area contributed by atoms with E-state index < -0.39 is 35.0 Å². The molecule has 368 valence electrons. The molecule has 18 nitrogen and oxygen atoms in total. The molecule has 2 saturated carbocycles. The van der Waals surface area contributed by atoms with Gasteiger partial charge in [0.05, 0.1) is 48.5 Å². The number of alkyl carbamates (subject to hydrolysis) is 1. The number of epoxide rings is 4. The van der Waals surface area contributed by atoms with Crippen LogP contribution in [0, 0.1) is 33.8 Å². The maximum absolute atomic E-state index is 12.4. The molecule has 6 aliphatic rings. The van der Waals surface area contributed by atoms with E-state index in [0.29, 0.717) is 44.4 Å². The molecule has 0 bridgehead atoms. The van der Waals surface area contributed by atoms with Crippen LogP contribution in [0.5, 0.6) is 5.75 Å². The lowest BCUT2D eigenvalue weighted by atomic mass is 9.68. The Kier molecular flexibility index (Phi) is 20.3. The van der Waals surface area contributed by atoms with Gasteiger partial charge in [0.2, 0.25) is 0 Å². The SMILES string of the molecule is COC1C([C@@]2(C)O[C@@H]2/C=C/C(C)C)[C@]2(CC[C@H]1OC(=O)NCCO)CO2.COC1C([C@@]2(C)O[C@@H]2/C=C/C(C)C)[C@]2(CC[C@H]1OC(=O)Oc1ccc([N+](=O)[O-])cc1)CO2.ClCCl.NCCO. The maximum atomic E-state index is 12.4. The number of nitro groups is 1. The molecule has 4 unspecified atom stereocenters. The van der Waals surface area contributed by atoms with Gasteiger partial charge in [0.25, 0.3) is 5.69 Å². The summed E-state index contributed by atoms with van der Waals surface area (Å²) in [6.07, 6.45) is 8.24. The van der Waals surface area contributed by atoms with Gasteiger partial charge in [0, 0.05) is 39.4 Å². The van der Waals surface area contributed by atoms with Gasteiger partial charge in [-0.15, -0.1) is 23.2 Å². The summed E-state index contributed by atoms with van der Waals surface area (Å²) in [6, 6.07) is 5.24. The first-order valence-electron chi connectivity index (χ1n) is 22.0. The minimum Gasteiger partial charge on any atom is -0.443 e. The number of rotatable bonds is 15. The van der Waals surface area contributed by atoms with Crippen molar-refractivity contribution in [2.45, 2.75) is 126 Å². The predicted octanol–water partition coefficient (Wildman–Crippen LogP) is 6.04. The average Bonchev–Trinajstić information content (AvgIpc) is 4.15. The number of carbonyl (C=O) groups excluding carboxylic acids is 2. The smallest absolute Gasteiger partial charge is 0.443 e. The lowest BCUT2D eigenvalue weighted by molar-refractivity contribution is -0.384. The van der Waals surface area contributed by atoms with Gasteiger partial charge in [0.15, 0.2) is 0 Å². The predicted molar refractivity (Wildman–Crippen MR) is 241 cm³/mol. The van der Waals surface area contributed by atoms with E-state index in [4.69, 9.17) is 81.8 Å². The number of nitro benzene ring substituents is 1. The van der Waals surface area contributed by atoms with E-state index in [1.165, 1.54) is 24.3 Å². The number of aliphatic hydroxyl groups excluding tert-OH is 2. The molecule has 12 atom stereocenters. The van der Waals surface area contributed by atoms with Gasteiger partial charge in [0.1, 0.15) is 64.8 Å². The van der Waals surface area contributed by atoms with Crippen LogP contribution in [0.15, 0.2) is 48.6 Å². The number of aliphatic hydroxyl groups is 2. The van der Waals surface area contributed by atoms with Gasteiger partial charge < -0.3 is 63.9 Å². The van der Waals surface area contributed by atoms with Gasteiger partial charge in [-0.1, -0.05) is 52.0 Å². The summed E-state index contributed by atoms with van der Waals surface area (Å²) in [5.74, 6) is 0.939. The van der Waals surface area contributed by atoms with E-state index >= 15 is 0 Å². The lowest BCUT2D eigenvalue weighted by Gasteiger charge is -2.42. The second-order valence-electron chi connectivity index (χ2n) is 17.8. The molecule has 2 spiro atoms. The number of amides is 1. The lowest BCUT2D eigenvalue weighted by Crippen LogP contribution is -2.56. The highest BCUT2D eigenvalue weighted by atomic mass is 35.5. The van der Waals surface area contributed by atoms with E-state index in [-0.39, 0.29) is 89.6 Å². The second-order valence-corrected chi connectivity index (χ2v) is 18.6. The first-order chi connectivity index (χ1) is 30.9. The van der Waals surface area contributed by atoms with E-state index in [1.807, 2.05) is 0 Å². The third kappa shape index (κ3) is 14.2. The molecule has 5 N–H and O–H groups in total. The van der Waals surface area contributed by atoms with Crippen molar-refractivity contribution in [2.24, 2.45) is 29.4 Å². The van der Waals surface area contributed by atoms with Crippen LogP contribution in [0.25, 0.3) is 0 Å². The molecule has 4 aliphatic heterocycles. The van der Waals surface area contributed by atoms with Crippen LogP contribution in [0.3, 0.4) is 0 Å². The highest BCUT2D eigenvalue weighted by Gasteiger charge is 2.73. The van der Waals surface area contributed by atoms with Crippen LogP contribution in [0.2, 0.25) is 0 Å². The Morgan fingerprint density at radius 1 is 0.862 bits per heavy atom. The molecule has 1 aromatic rings. The number of hydrogen-bond acceptors (Lipinski definition) is 16. The van der Waals surface area contributed by atoms with Crippen LogP contribution in [0.1, 0.15) is 67.2 Å². The number of ether oxygens (including phenoxy) is 9. The fourth-order valence-corrected chi connectivity index (χ4v) is 9.10. The number of nitrogens with two attached hydrogens (primary N) is 1. The van der Waals surface area contributed by atoms with Crippen molar-refractivity contribution in [3.8, 4) is 5.75 Å². The second kappa shape index (κ2) is 24.2. The maximum Gasteiger partial charge on any atom is 0.514 e. The van der Waals surface area contributed by atoms with Gasteiger partial charge in [-0.2, -0.15) is 0 Å². The van der Waals surface area contributed by atoms with Gasteiger partial charge >= 0.3 is 12.2 Å². The summed E-state index contributed by atoms with van der Waals surface area (Å²) in [6.45, 7) is 14.5. The van der Waals surface area contributed by atoms with Crippen molar-refractivity contribution >= 4 is 41.1 Å². The summed E-state index contributed by atoms with van der Waals surface area (Å²) in [5.41, 5.74) is 3.28. The molecule has 20 heteroatoms. The molecule has 4 saturated heterocycles. The fraction of sp³-hybridized carbons (Fsp3) is 0.733. The number of halogens is 2. The molecule has 1 amide bonds. The number of benzene rings is 1. The summed E-state index contributed by atoms with van der Waals surface area (Å²) >= 11 is 9.53. The molecule has 2 aliphatic carbocycles. The molecule has 4 heterocycles. The van der Waals surface area contributed by atoms with Crippen molar-refractivity contribution in [3.05, 3.63) is 58.7 Å². The zero-order valence-electron chi connectivity index (χ0n) is 38.7. The normalized spacial score (nSPS) is 35.0. The van der Waals surface area contributed by atoms with Crippen LogP contribution in [-0.4, -0.2) is 145 Å². The molecule has 65 heavy (non-hydrogen) atoms. The Morgan fingerprint density at radius 2 is 1.29 bits per heavy atom. The third-order valence-corrected chi connectivity index (χ3v) is 12.4. The van der Waals surface area contributed by atoms with E-state index in [1.54, 1.807) is 14.2 Å². The van der Waals surface area contributed by atoms with E-state index in [0.717, 1.165) is 12.8 Å². The average molecular weight is 963 g/mol. The van der Waals surface area contributed by atoms with Crippen molar-refractivity contribution < 1.29 is 67.4 Å². The minimum atomic E-state index is -0.879. The van der Waals surface area contributed by atoms with Crippen LogP contribution >= 0.6 is 23.2 Å². The molecule has 6 fully saturated rings. The van der Waals surface area contributed by atoms with Crippen LogP contribution in [0.4, 0.5) is 15.3 Å². The number of hydrogen-bond donors (Lipinski definition) is 4. The fourth-order valence-electron chi connectivity index (χ4n) is 9.10. The molecular formula is C45H69Cl2N3O15. The monoisotopic (exact) mass is 961 g/mol. The summed E-state index contributed by atoms with van der Waals surface area (Å²) in [5, 5.41) is 30.1. The molecule has 7 rings (SSSR count). The number of alkyl halides is 2. The number of nitrogens with zero attached hydrogens (tertiary/aromatic N) is 1. The first kappa shape index (κ1) is 54.5. The Bertz CT molecular complexity index is 1740. The standard InChI is InChI=1S/C23H29NO8.C19H31NO6.C2H7NO.CH2Cl2/c1-14(2)5-10-18-22(3,32-18)20-19(28-4)17(11-12-23(20)13-29-23)31-21(25)30-16-8-6-15(7-9-16)24(26)27;1-12(2)5-6-14-18(3,26-14)16-15(23-4)13(7-8-19(16)11-24-19)25-17(22)20-9-10-21;3-1-2-4;2-1-3/h5-10,14,17-20H,11-13H2,1-4H3;5-6,12-16,21H,7-11H2,1-4H3,(H,20,22);4H,1-3H2;1H2/b10-5+;6-5+;;/t17-,18-,19?,20?,22+,23+;13-,14-,15?,16?,18+,19+;;/m11../s1. The highest BCUT2D eigenvalue weighted by Crippen LogP contribution is 2.60. The first-order valence-corrected chi connectivity index (χ1v) is 23.1. The number of carbonyl (C=O) groups is 2. The van der Waals surface area contributed by atoms with Gasteiger partial charge in [-0.3, -0.25) is 10.1 Å². The van der Waals surface area contributed by atoms with Crippen molar-refractivity contribution in [3.63, 3.8) is 0 Å². The zero-order chi connectivity index (χ0) is 48.2. The quantitative estimate of drug-likeness (QED) is 0.0297. The minimum absolute atomic E-state index is 0.00814. The van der Waals surface area contributed by atoms with E-state index in [2.05, 4.69) is 71.2 Å². The number of nitrogens with one attached hydrogen (secondary N) is 1. The van der Waals surface area contributed by atoms with Crippen LogP contribution in [-0.2, 0) is 37.9 Å². The van der Waals surface area contributed by atoms with Gasteiger partial charge in [-0.05, 0) is 63.5 Å². The summed E-state index contributed by atoms with van der Waals surface area (Å²) in [7, 11) is 3.24. The molecule has 0 aromatic heterocycles. The van der Waals surface area contributed by atoms with E-state index in [9.17, 15) is 19.7 Å². The molecular weight excluding hydrogens is 893 g/mol. The molecule has 1 aromatic carbocycles. The number of non-ortho nitro benzene ring substituents is 1. The summed E-state index contributed by atoms with van der Waals surface area (Å²) < 4.78 is 52.0. The number of methoxy groups -OCH3 is 2. The Morgan fingerprint density at radius 3 is 1.65 bits per heavy atom. The van der Waals surface area contributed by atoms with Crippen LogP contribution < -0.4 is 15.8 Å². The van der Waals surface area contributed by atoms with Crippen molar-refractivity contribution in [1.82, 2.24) is 5.32 Å². The van der Waals surface area contributed by atoms with Crippen molar-refractivity contribution in [2.75, 3.05) is 59.1 Å². The van der Waals surface area contributed by atoms with Crippen molar-refractivity contribution in [1.29, 1.82) is 0 Å². The zero-order valence-corrected chi connectivity index (χ0v) is 40.2. The Balaban J connectivity index is 0.000000253.